The van der Waals surface area contributed by atoms with Crippen LogP contribution in [-0.2, 0) is 19.1 Å². The van der Waals surface area contributed by atoms with E-state index in [-0.39, 0.29) is 17.1 Å². The second-order valence-electron chi connectivity index (χ2n) is 6.27. The Morgan fingerprint density at radius 1 is 1.03 bits per heavy atom. The maximum atomic E-state index is 13.1. The maximum Gasteiger partial charge on any atom is 0.340 e. The molecule has 0 bridgehead atoms. The van der Waals surface area contributed by atoms with Crippen molar-refractivity contribution in [3.63, 3.8) is 0 Å². The number of esters is 1. The molecule has 8 nitrogen and oxygen atoms in total. The van der Waals surface area contributed by atoms with Crippen LogP contribution in [0.25, 0.3) is 6.08 Å². The van der Waals surface area contributed by atoms with Crippen molar-refractivity contribution in [2.24, 2.45) is 0 Å². The van der Waals surface area contributed by atoms with Crippen molar-refractivity contribution in [3.8, 4) is 17.2 Å². The molecule has 0 spiro atoms. The van der Waals surface area contributed by atoms with Gasteiger partial charge >= 0.3 is 5.97 Å². The molecule has 1 amide bonds. The lowest BCUT2D eigenvalue weighted by atomic mass is 10.0. The monoisotopic (exact) mass is 405 g/mol. The van der Waals surface area contributed by atoms with Crippen molar-refractivity contribution in [2.75, 3.05) is 48.7 Å². The van der Waals surface area contributed by atoms with Crippen LogP contribution >= 0.6 is 0 Å². The van der Waals surface area contributed by atoms with Gasteiger partial charge in [-0.1, -0.05) is 0 Å². The number of amides is 1. The van der Waals surface area contributed by atoms with Crippen LogP contribution in [0, 0.1) is 0 Å². The van der Waals surface area contributed by atoms with Gasteiger partial charge in [0, 0.05) is 26.0 Å². The minimum atomic E-state index is -0.566. The highest BCUT2D eigenvalue weighted by Crippen LogP contribution is 2.40. The van der Waals surface area contributed by atoms with E-state index in [0.717, 1.165) is 0 Å². The summed E-state index contributed by atoms with van der Waals surface area (Å²) in [5, 5.41) is 0. The van der Waals surface area contributed by atoms with Crippen LogP contribution in [-0.4, -0.2) is 65.5 Å². The largest absolute Gasteiger partial charge is 0.493 e. The zero-order valence-electron chi connectivity index (χ0n) is 17.7. The lowest BCUT2D eigenvalue weighted by Gasteiger charge is -2.17. The third-order valence-electron chi connectivity index (χ3n) is 4.63. The molecule has 8 heteroatoms. The molecule has 158 valence electrons. The molecule has 1 aliphatic heterocycles. The number of carbonyl (C=O) groups is 2. The number of nitrogens with zero attached hydrogens (tertiary/aromatic N) is 1. The van der Waals surface area contributed by atoms with E-state index in [1.54, 1.807) is 37.1 Å². The van der Waals surface area contributed by atoms with Gasteiger partial charge in [0.15, 0.2) is 11.5 Å². The zero-order valence-corrected chi connectivity index (χ0v) is 17.7. The summed E-state index contributed by atoms with van der Waals surface area (Å²) in [4.78, 5) is 27.0. The first kappa shape index (κ1) is 22.3. The van der Waals surface area contributed by atoms with Crippen LogP contribution in [0.1, 0.15) is 18.9 Å². The van der Waals surface area contributed by atoms with Gasteiger partial charge in [-0.25, -0.2) is 4.79 Å². The Hall–Kier alpha value is -3.00. The Morgan fingerprint density at radius 3 is 2.14 bits per heavy atom. The van der Waals surface area contributed by atoms with E-state index in [9.17, 15) is 9.59 Å². The minimum absolute atomic E-state index is 0.240. The lowest BCUT2D eigenvalue weighted by Crippen LogP contribution is -2.26. The van der Waals surface area contributed by atoms with Gasteiger partial charge in [0.2, 0.25) is 5.75 Å². The van der Waals surface area contributed by atoms with Crippen LogP contribution in [0.15, 0.2) is 29.0 Å². The Labute approximate surface area is 170 Å². The van der Waals surface area contributed by atoms with E-state index >= 15 is 0 Å². The Morgan fingerprint density at radius 2 is 1.66 bits per heavy atom. The Kier molecular flexibility index (Phi) is 7.67. The van der Waals surface area contributed by atoms with Crippen molar-refractivity contribution in [1.82, 2.24) is 4.90 Å². The molecule has 2 rings (SSSR count). The average Bonchev–Trinajstić information content (AvgIpc) is 2.96. The zero-order chi connectivity index (χ0) is 21.6. The predicted molar refractivity (Wildman–Crippen MR) is 107 cm³/mol. The van der Waals surface area contributed by atoms with Gasteiger partial charge in [-0.2, -0.15) is 0 Å². The molecule has 0 aliphatic carbocycles. The van der Waals surface area contributed by atoms with Gasteiger partial charge < -0.3 is 28.6 Å². The van der Waals surface area contributed by atoms with E-state index in [1.165, 1.54) is 28.4 Å². The van der Waals surface area contributed by atoms with Crippen LogP contribution in [0.2, 0.25) is 0 Å². The summed E-state index contributed by atoms with van der Waals surface area (Å²) >= 11 is 0. The normalized spacial score (nSPS) is 15.2. The summed E-state index contributed by atoms with van der Waals surface area (Å²) in [6.07, 6.45) is 2.27. The van der Waals surface area contributed by atoms with Gasteiger partial charge in [0.05, 0.1) is 39.6 Å². The number of hydrogen-bond donors (Lipinski definition) is 0. The van der Waals surface area contributed by atoms with E-state index in [4.69, 9.17) is 23.7 Å². The number of ether oxygens (including phenoxy) is 5. The van der Waals surface area contributed by atoms with Crippen molar-refractivity contribution < 1.29 is 33.3 Å². The van der Waals surface area contributed by atoms with E-state index in [1.807, 2.05) is 0 Å². The molecule has 0 radical (unpaired) electrons. The first-order chi connectivity index (χ1) is 13.9. The molecule has 1 aromatic rings. The number of hydrogen-bond acceptors (Lipinski definition) is 7. The van der Waals surface area contributed by atoms with Crippen molar-refractivity contribution in [2.45, 2.75) is 13.3 Å². The Bertz CT molecular complexity index is 816. The molecule has 0 N–H and O–H groups in total. The van der Waals surface area contributed by atoms with Crippen LogP contribution in [0.3, 0.4) is 0 Å². The maximum absolute atomic E-state index is 13.1. The van der Waals surface area contributed by atoms with E-state index in [2.05, 4.69) is 0 Å². The SMILES string of the molecule is COCCCN1C(=O)C(=Cc2cc(OC)c(OC)c(OC)c2)C(C(=O)OC)=C1C. The fourth-order valence-corrected chi connectivity index (χ4v) is 3.22. The number of benzene rings is 1. The molecule has 1 aromatic carbocycles. The molecule has 0 atom stereocenters. The standard InChI is InChI=1S/C21H27NO7/c1-13-18(21(24)29-6)15(20(23)22(13)8-7-9-25-2)10-14-11-16(26-3)19(28-5)17(12-14)27-4/h10-12H,7-9H2,1-6H3. The average molecular weight is 405 g/mol. The highest BCUT2D eigenvalue weighted by atomic mass is 16.5. The first-order valence-corrected chi connectivity index (χ1v) is 9.05. The highest BCUT2D eigenvalue weighted by molar-refractivity contribution is 6.16. The fraction of sp³-hybridized carbons (Fsp3) is 0.429. The highest BCUT2D eigenvalue weighted by Gasteiger charge is 2.36. The number of rotatable bonds is 9. The van der Waals surface area contributed by atoms with Crippen molar-refractivity contribution in [1.29, 1.82) is 0 Å². The third kappa shape index (κ3) is 4.54. The smallest absolute Gasteiger partial charge is 0.340 e. The second kappa shape index (κ2) is 9.97. The predicted octanol–water partition coefficient (Wildman–Crippen LogP) is 2.42. The summed E-state index contributed by atoms with van der Waals surface area (Å²) in [5.41, 5.74) is 1.66. The lowest BCUT2D eigenvalue weighted by molar-refractivity contribution is -0.136. The van der Waals surface area contributed by atoms with Gasteiger partial charge in [-0.05, 0) is 37.1 Å². The molecule has 0 saturated carbocycles. The van der Waals surface area contributed by atoms with Crippen LogP contribution < -0.4 is 14.2 Å². The number of allylic oxidation sites excluding steroid dienone is 1. The number of carbonyl (C=O) groups excluding carboxylic acids is 2. The summed E-state index contributed by atoms with van der Waals surface area (Å²) in [7, 11) is 7.42. The molecular weight excluding hydrogens is 378 g/mol. The Balaban J connectivity index is 2.54. The second-order valence-corrected chi connectivity index (χ2v) is 6.27. The number of methoxy groups -OCH3 is 5. The summed E-state index contributed by atoms with van der Waals surface area (Å²) < 4.78 is 26.0. The van der Waals surface area contributed by atoms with E-state index < -0.39 is 5.97 Å². The van der Waals surface area contributed by atoms with Crippen LogP contribution in [0.5, 0.6) is 17.2 Å². The van der Waals surface area contributed by atoms with E-state index in [0.29, 0.717) is 48.1 Å². The van der Waals surface area contributed by atoms with Crippen LogP contribution in [0.4, 0.5) is 0 Å². The molecule has 1 heterocycles. The molecule has 0 fully saturated rings. The summed E-state index contributed by atoms with van der Waals surface area (Å²) in [6.45, 7) is 2.68. The summed E-state index contributed by atoms with van der Waals surface area (Å²) in [6, 6.07) is 3.42. The topological polar surface area (TPSA) is 83.5 Å². The molecule has 0 saturated heterocycles. The van der Waals surface area contributed by atoms with Gasteiger partial charge in [-0.15, -0.1) is 0 Å². The molecule has 29 heavy (non-hydrogen) atoms. The van der Waals surface area contributed by atoms with Crippen molar-refractivity contribution >= 4 is 18.0 Å². The summed E-state index contributed by atoms with van der Waals surface area (Å²) in [5.74, 6) is 0.496. The molecule has 1 aliphatic rings. The third-order valence-corrected chi connectivity index (χ3v) is 4.63. The molecular formula is C21H27NO7. The molecule has 0 unspecified atom stereocenters. The van der Waals surface area contributed by atoms with Crippen molar-refractivity contribution in [3.05, 3.63) is 34.5 Å². The first-order valence-electron chi connectivity index (χ1n) is 9.05. The minimum Gasteiger partial charge on any atom is -0.493 e. The van der Waals surface area contributed by atoms with Gasteiger partial charge in [-0.3, -0.25) is 4.79 Å². The molecule has 0 aromatic heterocycles. The fourth-order valence-electron chi connectivity index (χ4n) is 3.22. The van der Waals surface area contributed by atoms with Gasteiger partial charge in [0.25, 0.3) is 5.91 Å². The van der Waals surface area contributed by atoms with Gasteiger partial charge in [0.1, 0.15) is 0 Å². The quantitative estimate of drug-likeness (QED) is 0.354.